The SMILES string of the molecule is C=CCn1c(=NC(=O)/C=C/c2ccc(OC)c(OC)c2)sc2cc(C)c(C)cc21. The first-order valence-corrected chi connectivity index (χ1v) is 9.98. The molecule has 1 amide bonds. The van der Waals surface area contributed by atoms with Crippen molar-refractivity contribution in [3.05, 3.63) is 70.6 Å². The Hall–Kier alpha value is -3.12. The van der Waals surface area contributed by atoms with Gasteiger partial charge in [0.15, 0.2) is 16.3 Å². The van der Waals surface area contributed by atoms with Crippen LogP contribution in [-0.4, -0.2) is 24.7 Å². The van der Waals surface area contributed by atoms with Gasteiger partial charge in [-0.05, 0) is 60.9 Å². The van der Waals surface area contributed by atoms with Crippen molar-refractivity contribution in [3.63, 3.8) is 0 Å². The molecule has 5 nitrogen and oxygen atoms in total. The summed E-state index contributed by atoms with van der Waals surface area (Å²) in [4.78, 5) is 17.5. The number of thiazole rings is 1. The lowest BCUT2D eigenvalue weighted by Crippen LogP contribution is -2.15. The van der Waals surface area contributed by atoms with Gasteiger partial charge in [-0.25, -0.2) is 0 Å². The molecular formula is C23H24N2O3S. The van der Waals surface area contributed by atoms with E-state index in [1.807, 2.05) is 22.8 Å². The number of hydrogen-bond donors (Lipinski definition) is 0. The van der Waals surface area contributed by atoms with Gasteiger partial charge >= 0.3 is 0 Å². The van der Waals surface area contributed by atoms with Gasteiger partial charge in [0, 0.05) is 12.6 Å². The smallest absolute Gasteiger partial charge is 0.272 e. The second-order valence-electron chi connectivity index (χ2n) is 6.59. The number of nitrogens with zero attached hydrogens (tertiary/aromatic N) is 2. The Labute approximate surface area is 174 Å². The van der Waals surface area contributed by atoms with E-state index in [9.17, 15) is 4.79 Å². The van der Waals surface area contributed by atoms with Crippen LogP contribution < -0.4 is 14.3 Å². The molecule has 2 aromatic carbocycles. The van der Waals surface area contributed by atoms with E-state index in [2.05, 4.69) is 37.6 Å². The molecule has 1 aromatic heterocycles. The van der Waals surface area contributed by atoms with Crippen molar-refractivity contribution in [2.24, 2.45) is 4.99 Å². The maximum absolute atomic E-state index is 12.5. The van der Waals surface area contributed by atoms with E-state index >= 15 is 0 Å². The van der Waals surface area contributed by atoms with Gasteiger partial charge in [-0.3, -0.25) is 4.79 Å². The van der Waals surface area contributed by atoms with E-state index in [1.54, 1.807) is 26.4 Å². The molecule has 0 bridgehead atoms. The molecule has 0 aliphatic rings. The van der Waals surface area contributed by atoms with E-state index in [0.717, 1.165) is 15.8 Å². The predicted molar refractivity (Wildman–Crippen MR) is 119 cm³/mol. The quantitative estimate of drug-likeness (QED) is 0.440. The van der Waals surface area contributed by atoms with Crippen LogP contribution in [0.5, 0.6) is 11.5 Å². The Morgan fingerprint density at radius 3 is 2.55 bits per heavy atom. The van der Waals surface area contributed by atoms with E-state index in [-0.39, 0.29) is 5.91 Å². The second kappa shape index (κ2) is 8.92. The molecule has 0 aliphatic carbocycles. The third kappa shape index (κ3) is 4.49. The second-order valence-corrected chi connectivity index (χ2v) is 7.60. The minimum absolute atomic E-state index is 0.322. The fourth-order valence-electron chi connectivity index (χ4n) is 2.97. The molecule has 3 rings (SSSR count). The largest absolute Gasteiger partial charge is 0.493 e. The van der Waals surface area contributed by atoms with Crippen molar-refractivity contribution in [1.29, 1.82) is 0 Å². The number of amides is 1. The number of aryl methyl sites for hydroxylation is 2. The van der Waals surface area contributed by atoms with Crippen LogP contribution in [-0.2, 0) is 11.3 Å². The molecule has 0 N–H and O–H groups in total. The van der Waals surface area contributed by atoms with Crippen molar-refractivity contribution in [1.82, 2.24) is 4.57 Å². The van der Waals surface area contributed by atoms with Gasteiger partial charge in [0.25, 0.3) is 5.91 Å². The van der Waals surface area contributed by atoms with Crippen LogP contribution in [0.4, 0.5) is 0 Å². The average Bonchev–Trinajstić information content (AvgIpc) is 3.02. The van der Waals surface area contributed by atoms with Crippen LogP contribution in [0.3, 0.4) is 0 Å². The minimum Gasteiger partial charge on any atom is -0.493 e. The third-order valence-corrected chi connectivity index (χ3v) is 5.68. The highest BCUT2D eigenvalue weighted by Gasteiger charge is 2.08. The molecule has 0 atom stereocenters. The summed E-state index contributed by atoms with van der Waals surface area (Å²) in [6.45, 7) is 8.59. The summed E-state index contributed by atoms with van der Waals surface area (Å²) in [6.07, 6.45) is 4.98. The zero-order valence-corrected chi connectivity index (χ0v) is 17.9. The molecule has 0 aliphatic heterocycles. The highest BCUT2D eigenvalue weighted by Crippen LogP contribution is 2.28. The fraction of sp³-hybridized carbons (Fsp3) is 0.217. The summed E-state index contributed by atoms with van der Waals surface area (Å²) in [5, 5.41) is 0. The maximum atomic E-state index is 12.5. The van der Waals surface area contributed by atoms with Crippen molar-refractivity contribution in [3.8, 4) is 11.5 Å². The van der Waals surface area contributed by atoms with Gasteiger partial charge < -0.3 is 14.0 Å². The van der Waals surface area contributed by atoms with Crippen molar-refractivity contribution < 1.29 is 14.3 Å². The molecule has 29 heavy (non-hydrogen) atoms. The normalized spacial score (nSPS) is 11.9. The monoisotopic (exact) mass is 408 g/mol. The Bertz CT molecular complexity index is 1170. The lowest BCUT2D eigenvalue weighted by Gasteiger charge is -2.07. The van der Waals surface area contributed by atoms with Crippen LogP contribution in [0.15, 0.2) is 54.1 Å². The van der Waals surface area contributed by atoms with Crippen LogP contribution in [0.25, 0.3) is 16.3 Å². The van der Waals surface area contributed by atoms with Gasteiger partial charge in [-0.15, -0.1) is 6.58 Å². The molecule has 0 unspecified atom stereocenters. The predicted octanol–water partition coefficient (Wildman–Crippen LogP) is 4.66. The van der Waals surface area contributed by atoms with E-state index in [0.29, 0.717) is 22.8 Å². The number of rotatable bonds is 6. The molecule has 1 heterocycles. The summed E-state index contributed by atoms with van der Waals surface area (Å²) in [6, 6.07) is 9.74. The lowest BCUT2D eigenvalue weighted by molar-refractivity contribution is -0.113. The fourth-order valence-corrected chi connectivity index (χ4v) is 4.09. The minimum atomic E-state index is -0.322. The number of aromatic nitrogens is 1. The van der Waals surface area contributed by atoms with Gasteiger partial charge in [0.2, 0.25) is 0 Å². The number of benzene rings is 2. The Balaban J connectivity index is 1.96. The van der Waals surface area contributed by atoms with Gasteiger partial charge in [-0.1, -0.05) is 23.5 Å². The zero-order valence-electron chi connectivity index (χ0n) is 17.1. The first kappa shape index (κ1) is 20.6. The number of ether oxygens (including phenoxy) is 2. The molecule has 0 saturated heterocycles. The molecule has 0 radical (unpaired) electrons. The number of carbonyl (C=O) groups is 1. The summed E-state index contributed by atoms with van der Waals surface area (Å²) >= 11 is 1.50. The molecule has 3 aromatic rings. The molecule has 0 fully saturated rings. The number of methoxy groups -OCH3 is 2. The summed E-state index contributed by atoms with van der Waals surface area (Å²) in [7, 11) is 3.16. The summed E-state index contributed by atoms with van der Waals surface area (Å²) < 4.78 is 13.6. The van der Waals surface area contributed by atoms with Gasteiger partial charge in [0.1, 0.15) is 0 Å². The van der Waals surface area contributed by atoms with Crippen molar-refractivity contribution in [2.75, 3.05) is 14.2 Å². The van der Waals surface area contributed by atoms with E-state index < -0.39 is 0 Å². The van der Waals surface area contributed by atoms with Gasteiger partial charge in [-0.2, -0.15) is 4.99 Å². The van der Waals surface area contributed by atoms with E-state index in [4.69, 9.17) is 9.47 Å². The van der Waals surface area contributed by atoms with Gasteiger partial charge in [0.05, 0.1) is 24.4 Å². The number of fused-ring (bicyclic) bond motifs is 1. The first-order chi connectivity index (χ1) is 14.0. The zero-order chi connectivity index (χ0) is 21.0. The van der Waals surface area contributed by atoms with Crippen LogP contribution in [0.1, 0.15) is 16.7 Å². The Kier molecular flexibility index (Phi) is 6.34. The summed E-state index contributed by atoms with van der Waals surface area (Å²) in [5.74, 6) is 0.928. The molecule has 0 spiro atoms. The average molecular weight is 409 g/mol. The first-order valence-electron chi connectivity index (χ1n) is 9.17. The van der Waals surface area contributed by atoms with Crippen LogP contribution in [0.2, 0.25) is 0 Å². The van der Waals surface area contributed by atoms with Crippen LogP contribution in [0, 0.1) is 13.8 Å². The highest BCUT2D eigenvalue weighted by molar-refractivity contribution is 7.16. The standard InChI is InChI=1S/C23H24N2O3S/c1-6-11-25-18-12-15(2)16(3)13-21(18)29-23(25)24-22(26)10-8-17-7-9-19(27-4)20(14-17)28-5/h6-10,12-14H,1,11H2,2-5H3/b10-8+,24-23?. The number of carbonyl (C=O) groups excluding carboxylic acids is 1. The lowest BCUT2D eigenvalue weighted by atomic mass is 10.1. The van der Waals surface area contributed by atoms with Crippen LogP contribution >= 0.6 is 11.3 Å². The third-order valence-electron chi connectivity index (χ3n) is 4.64. The molecule has 150 valence electrons. The highest BCUT2D eigenvalue weighted by atomic mass is 32.1. The molecule has 6 heteroatoms. The van der Waals surface area contributed by atoms with E-state index in [1.165, 1.54) is 28.5 Å². The number of hydrogen-bond acceptors (Lipinski definition) is 4. The molecule has 0 saturated carbocycles. The Morgan fingerprint density at radius 2 is 1.86 bits per heavy atom. The summed E-state index contributed by atoms with van der Waals surface area (Å²) in [5.41, 5.74) is 4.32. The van der Waals surface area contributed by atoms with Crippen molar-refractivity contribution in [2.45, 2.75) is 20.4 Å². The Morgan fingerprint density at radius 1 is 1.14 bits per heavy atom. The topological polar surface area (TPSA) is 52.8 Å². The molecular weight excluding hydrogens is 384 g/mol. The maximum Gasteiger partial charge on any atom is 0.272 e. The van der Waals surface area contributed by atoms with Crippen molar-refractivity contribution >= 4 is 33.5 Å². The number of allylic oxidation sites excluding steroid dienone is 1.